The highest BCUT2D eigenvalue weighted by Crippen LogP contribution is 2.01. The summed E-state index contributed by atoms with van der Waals surface area (Å²) < 4.78 is 1.67. The van der Waals surface area contributed by atoms with Crippen molar-refractivity contribution in [1.29, 1.82) is 0 Å². The predicted octanol–water partition coefficient (Wildman–Crippen LogP) is 0.0156. The number of fused-ring (bicyclic) bond motifs is 1. The molecule has 0 radical (unpaired) electrons. The molecule has 0 atom stereocenters. The van der Waals surface area contributed by atoms with Gasteiger partial charge in [0.15, 0.2) is 0 Å². The zero-order valence-electron chi connectivity index (χ0n) is 7.22. The third-order valence-corrected chi connectivity index (χ3v) is 1.86. The lowest BCUT2D eigenvalue weighted by molar-refractivity contribution is 0.810. The second kappa shape index (κ2) is 3.49. The van der Waals surface area contributed by atoms with Gasteiger partial charge in [-0.2, -0.15) is 10.1 Å². The maximum Gasteiger partial charge on any atom is 0.252 e. The van der Waals surface area contributed by atoms with Gasteiger partial charge in [-0.15, -0.1) is 0 Å². The number of hydrogen-bond acceptors (Lipinski definition) is 4. The molecule has 13 heavy (non-hydrogen) atoms. The molecule has 0 spiro atoms. The lowest BCUT2D eigenvalue weighted by Crippen LogP contribution is -2.02. The summed E-state index contributed by atoms with van der Waals surface area (Å²) in [5.74, 6) is 0.636. The van der Waals surface area contributed by atoms with Crippen LogP contribution in [0, 0.1) is 0 Å². The van der Waals surface area contributed by atoms with Crippen LogP contribution < -0.4 is 5.73 Å². The van der Waals surface area contributed by atoms with Crippen LogP contribution in [0.15, 0.2) is 18.7 Å². The van der Waals surface area contributed by atoms with Crippen molar-refractivity contribution in [3.8, 4) is 0 Å². The molecule has 0 amide bonds. The summed E-state index contributed by atoms with van der Waals surface area (Å²) in [5.41, 5.74) is 6.56. The Labute approximate surface area is 75.6 Å². The van der Waals surface area contributed by atoms with E-state index in [2.05, 4.69) is 15.1 Å². The van der Waals surface area contributed by atoms with E-state index < -0.39 is 0 Å². The van der Waals surface area contributed by atoms with Crippen LogP contribution in [-0.2, 0) is 6.42 Å². The summed E-state index contributed by atoms with van der Waals surface area (Å²) in [6.07, 6.45) is 7.17. The van der Waals surface area contributed by atoms with Gasteiger partial charge in [0.2, 0.25) is 0 Å². The summed E-state index contributed by atoms with van der Waals surface area (Å²) >= 11 is 0. The first-order chi connectivity index (χ1) is 6.40. The van der Waals surface area contributed by atoms with Gasteiger partial charge in [-0.05, 0) is 24.9 Å². The van der Waals surface area contributed by atoms with Crippen LogP contribution in [0.1, 0.15) is 12.0 Å². The molecule has 0 bridgehead atoms. The highest BCUT2D eigenvalue weighted by atomic mass is 15.3. The molecule has 68 valence electrons. The van der Waals surface area contributed by atoms with Crippen LogP contribution in [0.3, 0.4) is 0 Å². The summed E-state index contributed by atoms with van der Waals surface area (Å²) in [4.78, 5) is 8.10. The van der Waals surface area contributed by atoms with E-state index in [0.29, 0.717) is 12.3 Å². The Balaban J connectivity index is 2.26. The maximum atomic E-state index is 5.41. The van der Waals surface area contributed by atoms with Crippen LogP contribution in [0.5, 0.6) is 0 Å². The highest BCUT2D eigenvalue weighted by Gasteiger charge is 1.97. The van der Waals surface area contributed by atoms with Crippen molar-refractivity contribution in [3.63, 3.8) is 0 Å². The predicted molar refractivity (Wildman–Crippen MR) is 48.2 cm³/mol. The number of aryl methyl sites for hydroxylation is 1. The maximum absolute atomic E-state index is 5.41. The average Bonchev–Trinajstić information content (AvgIpc) is 2.61. The average molecular weight is 177 g/mol. The van der Waals surface area contributed by atoms with Gasteiger partial charge in [-0.3, -0.25) is 0 Å². The van der Waals surface area contributed by atoms with E-state index in [0.717, 1.165) is 18.4 Å². The van der Waals surface area contributed by atoms with Crippen molar-refractivity contribution >= 4 is 5.78 Å². The Morgan fingerprint density at radius 2 is 2.31 bits per heavy atom. The lowest BCUT2D eigenvalue weighted by Gasteiger charge is -1.98. The Morgan fingerprint density at radius 3 is 3.15 bits per heavy atom. The fourth-order valence-electron chi connectivity index (χ4n) is 1.19. The van der Waals surface area contributed by atoms with Crippen molar-refractivity contribution < 1.29 is 0 Å². The number of hydrogen-bond donors (Lipinski definition) is 1. The van der Waals surface area contributed by atoms with Crippen molar-refractivity contribution in [2.24, 2.45) is 5.73 Å². The number of nitrogens with two attached hydrogens (primary N) is 1. The van der Waals surface area contributed by atoms with Gasteiger partial charge in [-0.25, -0.2) is 9.50 Å². The van der Waals surface area contributed by atoms with Crippen molar-refractivity contribution in [1.82, 2.24) is 19.6 Å². The fraction of sp³-hybridized carbons (Fsp3) is 0.375. The number of rotatable bonds is 3. The van der Waals surface area contributed by atoms with E-state index in [1.807, 2.05) is 12.4 Å². The van der Waals surface area contributed by atoms with Crippen molar-refractivity contribution in [2.45, 2.75) is 12.8 Å². The topological polar surface area (TPSA) is 69.1 Å². The van der Waals surface area contributed by atoms with Gasteiger partial charge in [0.05, 0.1) is 0 Å². The molecule has 0 aromatic carbocycles. The second-order valence-corrected chi connectivity index (χ2v) is 2.86. The molecule has 0 saturated carbocycles. The molecule has 2 heterocycles. The molecule has 0 aliphatic heterocycles. The first-order valence-electron chi connectivity index (χ1n) is 4.24. The Bertz CT molecular complexity index is 394. The normalized spacial score (nSPS) is 10.8. The Kier molecular flexibility index (Phi) is 2.18. The standard InChI is InChI=1S/C8H11N5/c9-3-1-2-7-4-10-8-11-6-12-13(8)5-7/h4-6H,1-3,9H2. The van der Waals surface area contributed by atoms with Gasteiger partial charge in [-0.1, -0.05) is 0 Å². The molecule has 5 heteroatoms. The van der Waals surface area contributed by atoms with Crippen LogP contribution in [0.4, 0.5) is 0 Å². The molecule has 0 aliphatic carbocycles. The monoisotopic (exact) mass is 177 g/mol. The number of nitrogens with zero attached hydrogens (tertiary/aromatic N) is 4. The van der Waals surface area contributed by atoms with Crippen LogP contribution in [0.25, 0.3) is 5.78 Å². The summed E-state index contributed by atoms with van der Waals surface area (Å²) in [6.45, 7) is 0.704. The molecule has 0 aliphatic rings. The van der Waals surface area contributed by atoms with Gasteiger partial charge in [0.25, 0.3) is 5.78 Å². The van der Waals surface area contributed by atoms with E-state index in [-0.39, 0.29) is 0 Å². The summed E-state index contributed by atoms with van der Waals surface area (Å²) in [5, 5.41) is 4.00. The van der Waals surface area contributed by atoms with E-state index in [1.165, 1.54) is 6.33 Å². The molecule has 2 aromatic heterocycles. The molecule has 5 nitrogen and oxygen atoms in total. The van der Waals surface area contributed by atoms with Crippen molar-refractivity contribution in [2.75, 3.05) is 6.54 Å². The quantitative estimate of drug-likeness (QED) is 0.717. The van der Waals surface area contributed by atoms with Crippen molar-refractivity contribution in [3.05, 3.63) is 24.3 Å². The summed E-state index contributed by atoms with van der Waals surface area (Å²) in [6, 6.07) is 0. The molecule has 2 rings (SSSR count). The zero-order valence-corrected chi connectivity index (χ0v) is 7.22. The molecular weight excluding hydrogens is 166 g/mol. The molecule has 0 unspecified atom stereocenters. The van der Waals surface area contributed by atoms with Crippen LogP contribution >= 0.6 is 0 Å². The molecule has 2 aromatic rings. The van der Waals surface area contributed by atoms with Gasteiger partial charge in [0.1, 0.15) is 6.33 Å². The molecule has 2 N–H and O–H groups in total. The van der Waals surface area contributed by atoms with E-state index in [9.17, 15) is 0 Å². The smallest absolute Gasteiger partial charge is 0.252 e. The van der Waals surface area contributed by atoms with Crippen LogP contribution in [0.2, 0.25) is 0 Å². The van der Waals surface area contributed by atoms with Gasteiger partial charge in [0, 0.05) is 12.4 Å². The van der Waals surface area contributed by atoms with Gasteiger partial charge < -0.3 is 5.73 Å². The molecule has 0 fully saturated rings. The highest BCUT2D eigenvalue weighted by molar-refractivity contribution is 5.25. The SMILES string of the molecule is NCCCc1cnc2ncnn2c1. The Hall–Kier alpha value is -1.49. The minimum absolute atomic E-state index is 0.636. The summed E-state index contributed by atoms with van der Waals surface area (Å²) in [7, 11) is 0. The van der Waals surface area contributed by atoms with E-state index >= 15 is 0 Å². The molecule has 0 saturated heterocycles. The second-order valence-electron chi connectivity index (χ2n) is 2.86. The minimum atomic E-state index is 0.636. The first-order valence-corrected chi connectivity index (χ1v) is 4.24. The molecular formula is C8H11N5. The van der Waals surface area contributed by atoms with Gasteiger partial charge >= 0.3 is 0 Å². The lowest BCUT2D eigenvalue weighted by atomic mass is 10.2. The minimum Gasteiger partial charge on any atom is -0.330 e. The third kappa shape index (κ3) is 1.65. The fourth-order valence-corrected chi connectivity index (χ4v) is 1.19. The largest absolute Gasteiger partial charge is 0.330 e. The third-order valence-electron chi connectivity index (χ3n) is 1.86. The number of aromatic nitrogens is 4. The van der Waals surface area contributed by atoms with E-state index in [4.69, 9.17) is 5.73 Å². The van der Waals surface area contributed by atoms with Crippen LogP contribution in [-0.4, -0.2) is 26.1 Å². The first kappa shape index (κ1) is 8.12. The zero-order chi connectivity index (χ0) is 9.10. The van der Waals surface area contributed by atoms with E-state index in [1.54, 1.807) is 4.52 Å². The Morgan fingerprint density at radius 1 is 1.38 bits per heavy atom.